The summed E-state index contributed by atoms with van der Waals surface area (Å²) in [6.45, 7) is 2.96. The Morgan fingerprint density at radius 2 is 2.38 bits per heavy atom. The van der Waals surface area contributed by atoms with Gasteiger partial charge in [0.25, 0.3) is 0 Å². The van der Waals surface area contributed by atoms with Crippen LogP contribution in [-0.4, -0.2) is 11.5 Å². The molecule has 0 bridgehead atoms. The van der Waals surface area contributed by atoms with Gasteiger partial charge in [0.2, 0.25) is 0 Å². The van der Waals surface area contributed by atoms with Crippen LogP contribution >= 0.6 is 11.3 Å². The van der Waals surface area contributed by atoms with Gasteiger partial charge in [-0.25, -0.2) is 4.98 Å². The van der Waals surface area contributed by atoms with E-state index in [2.05, 4.69) is 11.9 Å². The largest absolute Gasteiger partial charge is 0.330 e. The van der Waals surface area contributed by atoms with Gasteiger partial charge < -0.3 is 5.73 Å². The van der Waals surface area contributed by atoms with Crippen LogP contribution in [0, 0.1) is 12.3 Å². The van der Waals surface area contributed by atoms with Crippen molar-refractivity contribution in [2.24, 2.45) is 11.1 Å². The molecule has 3 heteroatoms. The maximum atomic E-state index is 5.73. The maximum Gasteiger partial charge on any atom is 0.0797 e. The van der Waals surface area contributed by atoms with E-state index in [0.717, 1.165) is 6.54 Å². The Morgan fingerprint density at radius 3 is 2.85 bits per heavy atom. The van der Waals surface area contributed by atoms with Crippen molar-refractivity contribution in [3.05, 3.63) is 16.1 Å². The SMILES string of the molecule is Cc1ncsc1CCC1(CN)CC1. The lowest BCUT2D eigenvalue weighted by molar-refractivity contribution is 0.480. The van der Waals surface area contributed by atoms with Gasteiger partial charge in [-0.2, -0.15) is 0 Å². The lowest BCUT2D eigenvalue weighted by atomic mass is 10.00. The molecule has 2 rings (SSSR count). The second kappa shape index (κ2) is 3.39. The molecule has 0 spiro atoms. The van der Waals surface area contributed by atoms with E-state index in [9.17, 15) is 0 Å². The number of aryl methyl sites for hydroxylation is 2. The topological polar surface area (TPSA) is 38.9 Å². The van der Waals surface area contributed by atoms with Crippen molar-refractivity contribution in [1.29, 1.82) is 0 Å². The van der Waals surface area contributed by atoms with E-state index >= 15 is 0 Å². The van der Waals surface area contributed by atoms with Crippen LogP contribution in [0.4, 0.5) is 0 Å². The van der Waals surface area contributed by atoms with E-state index in [4.69, 9.17) is 5.73 Å². The van der Waals surface area contributed by atoms with Gasteiger partial charge in [-0.1, -0.05) is 0 Å². The molecule has 0 atom stereocenters. The van der Waals surface area contributed by atoms with Crippen LogP contribution in [0.15, 0.2) is 5.51 Å². The highest BCUT2D eigenvalue weighted by atomic mass is 32.1. The summed E-state index contributed by atoms with van der Waals surface area (Å²) in [5.41, 5.74) is 9.39. The number of nitrogens with zero attached hydrogens (tertiary/aromatic N) is 1. The maximum absolute atomic E-state index is 5.73. The molecule has 2 nitrogen and oxygen atoms in total. The van der Waals surface area contributed by atoms with E-state index in [-0.39, 0.29) is 0 Å². The zero-order chi connectivity index (χ0) is 9.31. The van der Waals surface area contributed by atoms with Crippen molar-refractivity contribution < 1.29 is 0 Å². The molecule has 1 saturated carbocycles. The molecule has 1 aliphatic rings. The highest BCUT2D eigenvalue weighted by Gasteiger charge is 2.40. The molecule has 1 aromatic heterocycles. The number of hydrogen-bond acceptors (Lipinski definition) is 3. The summed E-state index contributed by atoms with van der Waals surface area (Å²) >= 11 is 1.78. The summed E-state index contributed by atoms with van der Waals surface area (Å²) in [5.74, 6) is 0. The summed E-state index contributed by atoms with van der Waals surface area (Å²) < 4.78 is 0. The van der Waals surface area contributed by atoms with Crippen molar-refractivity contribution in [1.82, 2.24) is 4.98 Å². The molecule has 0 amide bonds. The minimum absolute atomic E-state index is 0.510. The average Bonchev–Trinajstić information content (AvgIpc) is 2.82. The lowest BCUT2D eigenvalue weighted by Gasteiger charge is -2.10. The molecule has 1 heterocycles. The summed E-state index contributed by atoms with van der Waals surface area (Å²) in [5, 5.41) is 0. The van der Waals surface area contributed by atoms with Crippen LogP contribution in [0.25, 0.3) is 0 Å². The van der Waals surface area contributed by atoms with Gasteiger partial charge in [0.15, 0.2) is 0 Å². The molecule has 0 aliphatic heterocycles. The lowest BCUT2D eigenvalue weighted by Crippen LogP contribution is -2.15. The Kier molecular flexibility index (Phi) is 2.39. The molecule has 72 valence electrons. The molecule has 1 aromatic rings. The summed E-state index contributed by atoms with van der Waals surface area (Å²) in [6, 6.07) is 0. The molecular formula is C10H16N2S. The Bertz CT molecular complexity index is 289. The first-order chi connectivity index (χ1) is 6.26. The van der Waals surface area contributed by atoms with Crippen molar-refractivity contribution in [3.63, 3.8) is 0 Å². The van der Waals surface area contributed by atoms with Crippen LogP contribution in [0.3, 0.4) is 0 Å². The predicted octanol–water partition coefficient (Wildman–Crippen LogP) is 2.12. The molecule has 0 unspecified atom stereocenters. The Balaban J connectivity index is 1.90. The van der Waals surface area contributed by atoms with Crippen LogP contribution in [0.2, 0.25) is 0 Å². The highest BCUT2D eigenvalue weighted by Crippen LogP contribution is 2.48. The number of nitrogens with two attached hydrogens (primary N) is 1. The highest BCUT2D eigenvalue weighted by molar-refractivity contribution is 7.09. The Labute approximate surface area is 83.2 Å². The first kappa shape index (κ1) is 9.16. The fraction of sp³-hybridized carbons (Fsp3) is 0.700. The standard InChI is InChI=1S/C10H16N2S/c1-8-9(13-7-12-8)2-3-10(6-11)4-5-10/h7H,2-6,11H2,1H3. The van der Waals surface area contributed by atoms with Gasteiger partial charge in [-0.05, 0) is 44.6 Å². The first-order valence-corrected chi connectivity index (χ1v) is 5.73. The number of aromatic nitrogens is 1. The molecule has 1 fully saturated rings. The zero-order valence-electron chi connectivity index (χ0n) is 8.05. The second-order valence-electron chi connectivity index (χ2n) is 4.07. The van der Waals surface area contributed by atoms with Gasteiger partial charge in [-0.3, -0.25) is 0 Å². The first-order valence-electron chi connectivity index (χ1n) is 4.85. The van der Waals surface area contributed by atoms with Gasteiger partial charge in [0, 0.05) is 4.88 Å². The Morgan fingerprint density at radius 1 is 1.62 bits per heavy atom. The Hall–Kier alpha value is -0.410. The van der Waals surface area contributed by atoms with Gasteiger partial charge in [0.1, 0.15) is 0 Å². The minimum atomic E-state index is 0.510. The normalized spacial score (nSPS) is 18.9. The third kappa shape index (κ3) is 1.92. The minimum Gasteiger partial charge on any atom is -0.330 e. The summed E-state index contributed by atoms with van der Waals surface area (Å²) in [7, 11) is 0. The van der Waals surface area contributed by atoms with Gasteiger partial charge >= 0.3 is 0 Å². The third-order valence-electron chi connectivity index (χ3n) is 3.12. The van der Waals surface area contributed by atoms with Crippen molar-refractivity contribution in [3.8, 4) is 0 Å². The molecule has 0 radical (unpaired) electrons. The van der Waals surface area contributed by atoms with Gasteiger partial charge in [0.05, 0.1) is 11.2 Å². The van der Waals surface area contributed by atoms with Crippen LogP contribution in [-0.2, 0) is 6.42 Å². The summed E-state index contributed by atoms with van der Waals surface area (Å²) in [4.78, 5) is 5.69. The van der Waals surface area contributed by atoms with Crippen molar-refractivity contribution in [2.75, 3.05) is 6.54 Å². The zero-order valence-corrected chi connectivity index (χ0v) is 8.86. The van der Waals surface area contributed by atoms with Crippen LogP contribution in [0.1, 0.15) is 29.8 Å². The van der Waals surface area contributed by atoms with E-state index in [1.807, 2.05) is 5.51 Å². The third-order valence-corrected chi connectivity index (χ3v) is 4.11. The van der Waals surface area contributed by atoms with Crippen molar-refractivity contribution >= 4 is 11.3 Å². The molecule has 0 saturated heterocycles. The smallest absolute Gasteiger partial charge is 0.0797 e. The van der Waals surface area contributed by atoms with E-state index < -0.39 is 0 Å². The molecule has 2 N–H and O–H groups in total. The predicted molar refractivity (Wildman–Crippen MR) is 55.9 cm³/mol. The monoisotopic (exact) mass is 196 g/mol. The van der Waals surface area contributed by atoms with E-state index in [0.29, 0.717) is 5.41 Å². The fourth-order valence-electron chi connectivity index (χ4n) is 1.68. The van der Waals surface area contributed by atoms with E-state index in [1.54, 1.807) is 11.3 Å². The second-order valence-corrected chi connectivity index (χ2v) is 5.00. The molecular weight excluding hydrogens is 180 g/mol. The van der Waals surface area contributed by atoms with Crippen LogP contribution in [0.5, 0.6) is 0 Å². The average molecular weight is 196 g/mol. The quantitative estimate of drug-likeness (QED) is 0.801. The molecule has 13 heavy (non-hydrogen) atoms. The molecule has 0 aromatic carbocycles. The van der Waals surface area contributed by atoms with Gasteiger partial charge in [-0.15, -0.1) is 11.3 Å². The number of hydrogen-bond donors (Lipinski definition) is 1. The molecule has 1 aliphatic carbocycles. The van der Waals surface area contributed by atoms with Crippen LogP contribution < -0.4 is 5.73 Å². The van der Waals surface area contributed by atoms with Crippen molar-refractivity contribution in [2.45, 2.75) is 32.6 Å². The number of thiazole rings is 1. The summed E-state index contributed by atoms with van der Waals surface area (Å²) in [6.07, 6.45) is 5.10. The number of rotatable bonds is 4. The fourth-order valence-corrected chi connectivity index (χ4v) is 2.46. The van der Waals surface area contributed by atoms with E-state index in [1.165, 1.54) is 36.3 Å².